The van der Waals surface area contributed by atoms with E-state index in [2.05, 4.69) is 10.3 Å². The molecule has 3 heterocycles. The van der Waals surface area contributed by atoms with Gasteiger partial charge in [0.2, 0.25) is 11.7 Å². The summed E-state index contributed by atoms with van der Waals surface area (Å²) in [6.45, 7) is 3.19. The van der Waals surface area contributed by atoms with Gasteiger partial charge in [-0.2, -0.15) is 17.6 Å². The van der Waals surface area contributed by atoms with Gasteiger partial charge in [0.25, 0.3) is 5.91 Å². The average Bonchev–Trinajstić information content (AvgIpc) is 3.12. The molecule has 8 nitrogen and oxygen atoms in total. The zero-order valence-electron chi connectivity index (χ0n) is 21.1. The van der Waals surface area contributed by atoms with Crippen molar-refractivity contribution >= 4 is 23.3 Å². The zero-order valence-corrected chi connectivity index (χ0v) is 21.1. The number of alkyl halides is 3. The lowest BCUT2D eigenvalue weighted by Gasteiger charge is -2.32. The number of likely N-dealkylation sites (N-methyl/N-ethyl adjacent to an activating group) is 1. The summed E-state index contributed by atoms with van der Waals surface area (Å²) < 4.78 is 81.1. The highest BCUT2D eigenvalue weighted by Gasteiger charge is 2.66. The van der Waals surface area contributed by atoms with E-state index in [1.165, 1.54) is 30.2 Å². The minimum Gasteiger partial charge on any atom is -0.493 e. The Morgan fingerprint density at radius 3 is 2.58 bits per heavy atom. The fraction of sp³-hybridized carbons (Fsp3) is 0.480. The average molecular weight is 543 g/mol. The fourth-order valence-electron chi connectivity index (χ4n) is 4.93. The second kappa shape index (κ2) is 10.1. The number of carbonyl (C=O) groups excluding carboxylic acids is 2. The van der Waals surface area contributed by atoms with Crippen molar-refractivity contribution in [1.29, 1.82) is 0 Å². The Kier molecular flexibility index (Phi) is 7.36. The number of amides is 2. The number of nitrogens with one attached hydrogen (secondary N) is 1. The van der Waals surface area contributed by atoms with Crippen molar-refractivity contribution in [3.8, 4) is 5.75 Å². The zero-order chi connectivity index (χ0) is 28.0. The molecule has 1 aromatic heterocycles. The number of rotatable bonds is 5. The molecule has 0 radical (unpaired) electrons. The number of benzene rings is 1. The van der Waals surface area contributed by atoms with Crippen LogP contribution >= 0.6 is 0 Å². The third-order valence-electron chi connectivity index (χ3n) is 7.27. The highest BCUT2D eigenvalue weighted by molar-refractivity contribution is 5.97. The van der Waals surface area contributed by atoms with Crippen LogP contribution in [0.2, 0.25) is 0 Å². The van der Waals surface area contributed by atoms with E-state index >= 15 is 0 Å². The van der Waals surface area contributed by atoms with E-state index in [0.29, 0.717) is 13.1 Å². The quantitative estimate of drug-likeness (QED) is 0.580. The molecule has 2 fully saturated rings. The van der Waals surface area contributed by atoms with Crippen LogP contribution in [-0.4, -0.2) is 73.4 Å². The van der Waals surface area contributed by atoms with Crippen LogP contribution < -0.4 is 15.0 Å². The maximum atomic E-state index is 14.5. The lowest BCUT2D eigenvalue weighted by molar-refractivity contribution is -0.272. The van der Waals surface area contributed by atoms with Gasteiger partial charge in [-0.15, -0.1) is 0 Å². The van der Waals surface area contributed by atoms with Crippen molar-refractivity contribution in [2.45, 2.75) is 37.6 Å². The highest BCUT2D eigenvalue weighted by atomic mass is 19.4. The molecule has 2 saturated heterocycles. The van der Waals surface area contributed by atoms with Gasteiger partial charge in [-0.25, -0.2) is 9.37 Å². The van der Waals surface area contributed by atoms with Crippen LogP contribution in [-0.2, 0) is 14.3 Å². The van der Waals surface area contributed by atoms with Crippen LogP contribution in [0, 0.1) is 17.6 Å². The van der Waals surface area contributed by atoms with E-state index in [9.17, 15) is 31.5 Å². The molecule has 1 aromatic carbocycles. The first-order valence-corrected chi connectivity index (χ1v) is 11.8. The van der Waals surface area contributed by atoms with Crippen molar-refractivity contribution in [2.24, 2.45) is 5.92 Å². The maximum Gasteiger partial charge on any atom is 0.417 e. The number of ether oxygens (including phenoxy) is 2. The molecule has 4 atom stereocenters. The van der Waals surface area contributed by atoms with Gasteiger partial charge in [0.1, 0.15) is 11.9 Å². The summed E-state index contributed by atoms with van der Waals surface area (Å²) in [5, 5.41) is 2.53. The van der Waals surface area contributed by atoms with Gasteiger partial charge in [0.05, 0.1) is 13.7 Å². The largest absolute Gasteiger partial charge is 0.493 e. The van der Waals surface area contributed by atoms with Gasteiger partial charge < -0.3 is 14.8 Å². The van der Waals surface area contributed by atoms with E-state index in [-0.39, 0.29) is 29.5 Å². The Hall–Kier alpha value is -3.32. The minimum atomic E-state index is -4.88. The highest BCUT2D eigenvalue weighted by Crippen LogP contribution is 2.55. The molecule has 0 saturated carbocycles. The van der Waals surface area contributed by atoms with E-state index in [0.717, 1.165) is 26.2 Å². The number of anilines is 2. The first-order chi connectivity index (χ1) is 17.8. The Morgan fingerprint density at radius 1 is 1.24 bits per heavy atom. The number of hydrogen-bond acceptors (Lipinski definition) is 6. The van der Waals surface area contributed by atoms with Crippen LogP contribution in [0.15, 0.2) is 30.5 Å². The molecular formula is C25H27F5N4O4. The molecule has 2 aliphatic rings. The molecule has 0 spiro atoms. The van der Waals surface area contributed by atoms with Gasteiger partial charge >= 0.3 is 6.18 Å². The summed E-state index contributed by atoms with van der Waals surface area (Å²) in [5.41, 5.74) is -2.74. The van der Waals surface area contributed by atoms with Crippen molar-refractivity contribution < 1.29 is 41.0 Å². The first kappa shape index (κ1) is 27.7. The van der Waals surface area contributed by atoms with E-state index in [1.807, 2.05) is 4.90 Å². The summed E-state index contributed by atoms with van der Waals surface area (Å²) in [6.07, 6.45) is -5.26. The lowest BCUT2D eigenvalue weighted by atomic mass is 9.77. The van der Waals surface area contributed by atoms with Crippen LogP contribution in [0.5, 0.6) is 5.75 Å². The van der Waals surface area contributed by atoms with Gasteiger partial charge in [-0.05, 0) is 26.1 Å². The van der Waals surface area contributed by atoms with Gasteiger partial charge in [0, 0.05) is 48.4 Å². The van der Waals surface area contributed by atoms with E-state index in [4.69, 9.17) is 9.47 Å². The molecular weight excluding hydrogens is 515 g/mol. The normalized spacial score (nSPS) is 26.5. The number of nitrogens with zero attached hydrogens (tertiary/aromatic N) is 3. The van der Waals surface area contributed by atoms with Crippen molar-refractivity contribution in [2.75, 3.05) is 44.0 Å². The number of halogens is 5. The van der Waals surface area contributed by atoms with Gasteiger partial charge in [-0.1, -0.05) is 13.0 Å². The Labute approximate surface area is 215 Å². The molecule has 2 amide bonds. The topological polar surface area (TPSA) is 84.0 Å². The summed E-state index contributed by atoms with van der Waals surface area (Å²) in [6, 6.07) is 4.69. The van der Waals surface area contributed by atoms with Crippen molar-refractivity contribution in [1.82, 2.24) is 9.88 Å². The summed E-state index contributed by atoms with van der Waals surface area (Å²) in [4.78, 5) is 33.3. The number of carbonyl (C=O) groups is 2. The van der Waals surface area contributed by atoms with Crippen LogP contribution in [0.25, 0.3) is 0 Å². The number of aromatic nitrogens is 1. The molecule has 2 aliphatic heterocycles. The van der Waals surface area contributed by atoms with E-state index in [1.54, 1.807) is 7.05 Å². The molecule has 0 aliphatic carbocycles. The predicted molar refractivity (Wildman–Crippen MR) is 127 cm³/mol. The Balaban J connectivity index is 1.68. The molecule has 1 N–H and O–H groups in total. The maximum absolute atomic E-state index is 14.5. The van der Waals surface area contributed by atoms with Crippen LogP contribution in [0.4, 0.5) is 33.5 Å². The Morgan fingerprint density at radius 2 is 1.95 bits per heavy atom. The molecule has 0 unspecified atom stereocenters. The molecule has 4 rings (SSSR count). The Bertz CT molecular complexity index is 1240. The number of piperazine rings is 1. The summed E-state index contributed by atoms with van der Waals surface area (Å²) in [7, 11) is 2.85. The van der Waals surface area contributed by atoms with Gasteiger partial charge in [-0.3, -0.25) is 19.4 Å². The van der Waals surface area contributed by atoms with E-state index < -0.39 is 53.0 Å². The molecule has 206 valence electrons. The summed E-state index contributed by atoms with van der Waals surface area (Å²) in [5.74, 6) is -6.83. The number of pyridine rings is 1. The van der Waals surface area contributed by atoms with Gasteiger partial charge in [0.15, 0.2) is 17.2 Å². The molecule has 2 aromatic rings. The number of methoxy groups -OCH3 is 1. The fourth-order valence-corrected chi connectivity index (χ4v) is 4.93. The monoisotopic (exact) mass is 542 g/mol. The van der Waals surface area contributed by atoms with Crippen LogP contribution in [0.3, 0.4) is 0 Å². The SMILES string of the molecule is COc1c([C@H]2[C@H](C(=O)Nc3ccnc(N4CCN(C)CC4=O)c3)O[C@@](C)(C(F)(F)F)[C@H]2C)ccc(F)c1F. The summed E-state index contributed by atoms with van der Waals surface area (Å²) >= 11 is 0. The smallest absolute Gasteiger partial charge is 0.417 e. The van der Waals surface area contributed by atoms with Crippen molar-refractivity contribution in [3.05, 3.63) is 47.7 Å². The lowest BCUT2D eigenvalue weighted by Crippen LogP contribution is -2.49. The molecule has 13 heteroatoms. The molecule has 38 heavy (non-hydrogen) atoms. The molecule has 0 bridgehead atoms. The predicted octanol–water partition coefficient (Wildman–Crippen LogP) is 3.73. The first-order valence-electron chi connectivity index (χ1n) is 11.8. The van der Waals surface area contributed by atoms with Crippen LogP contribution in [0.1, 0.15) is 25.3 Å². The third kappa shape index (κ3) is 4.80. The second-order valence-electron chi connectivity index (χ2n) is 9.62. The standard InChI is InChI=1S/C25H27F5N4O4/c1-13-19(15-5-6-16(26)20(27)21(15)37-4)22(38-24(13,2)25(28,29)30)23(36)32-14-7-8-31-17(11-14)34-10-9-33(3)12-18(34)35/h5-8,11,13,19,22H,9-10,12H2,1-4H3,(H,31,32,36)/t13-,19-,22+,24+/m0/s1. The third-order valence-corrected chi connectivity index (χ3v) is 7.27. The number of hydrogen-bond donors (Lipinski definition) is 1. The minimum absolute atomic E-state index is 0.134. The second-order valence-corrected chi connectivity index (χ2v) is 9.62. The van der Waals surface area contributed by atoms with Crippen molar-refractivity contribution in [3.63, 3.8) is 0 Å².